The van der Waals surface area contributed by atoms with Crippen LogP contribution in [0.25, 0.3) is 5.82 Å². The fraction of sp³-hybridized carbons (Fsp3) is 0.222. The first-order chi connectivity index (χ1) is 11.9. The lowest BCUT2D eigenvalue weighted by Crippen LogP contribution is -2.13. The molecule has 2 aromatic heterocycles. The standard InChI is InChI=1S/C18H16F2N2O3/c1-10-6-14(12(3)22(10)18-7-11(2)25-21-18)17(23)9-24-13-4-5-15(19)16(20)8-13/h4-8H,9H2,1-3H3. The third kappa shape index (κ3) is 3.31. The van der Waals surface area contributed by atoms with E-state index in [1.807, 2.05) is 6.92 Å². The smallest absolute Gasteiger partial charge is 0.202 e. The second-order valence-corrected chi connectivity index (χ2v) is 5.70. The number of nitrogens with zero attached hydrogens (tertiary/aromatic N) is 2. The molecule has 5 nitrogen and oxygen atoms in total. The number of hydrogen-bond donors (Lipinski definition) is 0. The number of ketones is 1. The number of halogens is 2. The average Bonchev–Trinajstić information content (AvgIpc) is 3.11. The van der Waals surface area contributed by atoms with Gasteiger partial charge in [-0.2, -0.15) is 0 Å². The number of rotatable bonds is 5. The summed E-state index contributed by atoms with van der Waals surface area (Å²) in [7, 11) is 0. The molecule has 0 radical (unpaired) electrons. The van der Waals surface area contributed by atoms with Crippen molar-refractivity contribution >= 4 is 5.78 Å². The summed E-state index contributed by atoms with van der Waals surface area (Å²) in [5.41, 5.74) is 1.99. The number of Topliss-reactive ketones (excluding diaryl/α,β-unsaturated/α-hetero) is 1. The predicted octanol–water partition coefficient (Wildman–Crippen LogP) is 3.93. The van der Waals surface area contributed by atoms with Crippen LogP contribution in [0.3, 0.4) is 0 Å². The van der Waals surface area contributed by atoms with E-state index in [0.717, 1.165) is 17.8 Å². The van der Waals surface area contributed by atoms with Crippen molar-refractivity contribution in [1.82, 2.24) is 9.72 Å². The molecule has 0 bridgehead atoms. The lowest BCUT2D eigenvalue weighted by molar-refractivity contribution is 0.0920. The van der Waals surface area contributed by atoms with Gasteiger partial charge in [0, 0.05) is 29.1 Å². The van der Waals surface area contributed by atoms with Crippen LogP contribution in [0.5, 0.6) is 5.75 Å². The fourth-order valence-electron chi connectivity index (χ4n) is 2.65. The van der Waals surface area contributed by atoms with Gasteiger partial charge in [0.1, 0.15) is 11.5 Å². The molecular weight excluding hydrogens is 330 g/mol. The molecule has 0 saturated heterocycles. The summed E-state index contributed by atoms with van der Waals surface area (Å²) in [4.78, 5) is 12.4. The summed E-state index contributed by atoms with van der Waals surface area (Å²) in [6, 6.07) is 6.63. The Bertz CT molecular complexity index is 944. The molecule has 3 aromatic rings. The maximum Gasteiger partial charge on any atom is 0.202 e. The van der Waals surface area contributed by atoms with E-state index < -0.39 is 11.6 Å². The third-order valence-electron chi connectivity index (χ3n) is 3.84. The molecule has 130 valence electrons. The van der Waals surface area contributed by atoms with Gasteiger partial charge in [-0.05, 0) is 39.0 Å². The Morgan fingerprint density at radius 2 is 1.92 bits per heavy atom. The zero-order valence-electron chi connectivity index (χ0n) is 14.0. The summed E-state index contributed by atoms with van der Waals surface area (Å²) in [5.74, 6) is -0.919. The molecule has 2 heterocycles. The summed E-state index contributed by atoms with van der Waals surface area (Å²) < 4.78 is 38.2. The highest BCUT2D eigenvalue weighted by atomic mass is 19.2. The molecule has 0 unspecified atom stereocenters. The Hall–Kier alpha value is -2.96. The Morgan fingerprint density at radius 3 is 2.56 bits per heavy atom. The number of aromatic nitrogens is 2. The van der Waals surface area contributed by atoms with Gasteiger partial charge in [0.05, 0.1) is 0 Å². The SMILES string of the molecule is Cc1cc(-n2c(C)cc(C(=O)COc3ccc(F)c(F)c3)c2C)no1. The number of benzene rings is 1. The van der Waals surface area contributed by atoms with Gasteiger partial charge in [-0.25, -0.2) is 8.78 Å². The molecule has 3 rings (SSSR count). The van der Waals surface area contributed by atoms with Gasteiger partial charge in [0.15, 0.2) is 24.1 Å². The normalized spacial score (nSPS) is 10.9. The van der Waals surface area contributed by atoms with Gasteiger partial charge in [-0.3, -0.25) is 9.36 Å². The van der Waals surface area contributed by atoms with Crippen LogP contribution >= 0.6 is 0 Å². The van der Waals surface area contributed by atoms with E-state index in [0.29, 0.717) is 22.8 Å². The van der Waals surface area contributed by atoms with Crippen molar-refractivity contribution in [2.45, 2.75) is 20.8 Å². The third-order valence-corrected chi connectivity index (χ3v) is 3.84. The van der Waals surface area contributed by atoms with Crippen LogP contribution in [0.4, 0.5) is 8.78 Å². The van der Waals surface area contributed by atoms with Crippen molar-refractivity contribution < 1.29 is 22.8 Å². The summed E-state index contributed by atoms with van der Waals surface area (Å²) >= 11 is 0. The van der Waals surface area contributed by atoms with Crippen molar-refractivity contribution in [2.24, 2.45) is 0 Å². The van der Waals surface area contributed by atoms with Crippen molar-refractivity contribution in [3.63, 3.8) is 0 Å². The molecule has 0 spiro atoms. The number of aryl methyl sites for hydroxylation is 2. The van der Waals surface area contributed by atoms with Gasteiger partial charge < -0.3 is 9.26 Å². The van der Waals surface area contributed by atoms with Gasteiger partial charge in [-0.1, -0.05) is 5.16 Å². The monoisotopic (exact) mass is 346 g/mol. The fourth-order valence-corrected chi connectivity index (χ4v) is 2.65. The Balaban J connectivity index is 1.79. The second kappa shape index (κ2) is 6.51. The minimum atomic E-state index is -1.02. The van der Waals surface area contributed by atoms with E-state index in [2.05, 4.69) is 5.16 Å². The molecule has 0 saturated carbocycles. The Kier molecular flexibility index (Phi) is 4.39. The van der Waals surface area contributed by atoms with Crippen molar-refractivity contribution in [1.29, 1.82) is 0 Å². The maximum absolute atomic E-state index is 13.2. The summed E-state index contributed by atoms with van der Waals surface area (Å²) in [6.07, 6.45) is 0. The summed E-state index contributed by atoms with van der Waals surface area (Å²) in [6.45, 7) is 5.14. The van der Waals surface area contributed by atoms with Gasteiger partial charge in [0.2, 0.25) is 5.78 Å². The molecule has 0 atom stereocenters. The molecular formula is C18H16F2N2O3. The molecule has 0 amide bonds. The molecule has 0 aliphatic carbocycles. The van der Waals surface area contributed by atoms with Gasteiger partial charge >= 0.3 is 0 Å². The second-order valence-electron chi connectivity index (χ2n) is 5.70. The molecule has 25 heavy (non-hydrogen) atoms. The van der Waals surface area contributed by atoms with Crippen LogP contribution in [-0.2, 0) is 0 Å². The van der Waals surface area contributed by atoms with Gasteiger partial charge in [-0.15, -0.1) is 0 Å². The summed E-state index contributed by atoms with van der Waals surface area (Å²) in [5, 5.41) is 3.96. The number of carbonyl (C=O) groups is 1. The molecule has 0 N–H and O–H groups in total. The van der Waals surface area contributed by atoms with Crippen LogP contribution in [0.2, 0.25) is 0 Å². The van der Waals surface area contributed by atoms with Crippen LogP contribution < -0.4 is 4.74 Å². The van der Waals surface area contributed by atoms with Crippen molar-refractivity contribution in [3.05, 3.63) is 64.7 Å². The van der Waals surface area contributed by atoms with Crippen LogP contribution in [0.15, 0.2) is 34.9 Å². The quantitative estimate of drug-likeness (QED) is 0.657. The number of carbonyl (C=O) groups excluding carboxylic acids is 1. The highest BCUT2D eigenvalue weighted by Crippen LogP contribution is 2.22. The lowest BCUT2D eigenvalue weighted by Gasteiger charge is -2.07. The first-order valence-corrected chi connectivity index (χ1v) is 7.60. The molecule has 1 aromatic carbocycles. The highest BCUT2D eigenvalue weighted by Gasteiger charge is 2.19. The van der Waals surface area contributed by atoms with E-state index in [4.69, 9.17) is 9.26 Å². The number of ether oxygens (including phenoxy) is 1. The zero-order valence-corrected chi connectivity index (χ0v) is 14.0. The minimum Gasteiger partial charge on any atom is -0.485 e. The average molecular weight is 346 g/mol. The topological polar surface area (TPSA) is 57.3 Å². The van der Waals surface area contributed by atoms with Crippen molar-refractivity contribution in [2.75, 3.05) is 6.61 Å². The van der Waals surface area contributed by atoms with E-state index in [9.17, 15) is 13.6 Å². The van der Waals surface area contributed by atoms with E-state index in [1.165, 1.54) is 6.07 Å². The molecule has 0 aliphatic rings. The van der Waals surface area contributed by atoms with E-state index >= 15 is 0 Å². The Morgan fingerprint density at radius 1 is 1.16 bits per heavy atom. The minimum absolute atomic E-state index is 0.0909. The largest absolute Gasteiger partial charge is 0.485 e. The zero-order chi connectivity index (χ0) is 18.1. The van der Waals surface area contributed by atoms with Crippen LogP contribution in [0, 0.1) is 32.4 Å². The van der Waals surface area contributed by atoms with Crippen molar-refractivity contribution in [3.8, 4) is 11.6 Å². The predicted molar refractivity (Wildman–Crippen MR) is 86.2 cm³/mol. The van der Waals surface area contributed by atoms with Gasteiger partial charge in [0.25, 0.3) is 0 Å². The first-order valence-electron chi connectivity index (χ1n) is 7.60. The Labute approximate surface area is 142 Å². The lowest BCUT2D eigenvalue weighted by atomic mass is 10.1. The van der Waals surface area contributed by atoms with E-state index in [1.54, 1.807) is 30.5 Å². The molecule has 0 aliphatic heterocycles. The maximum atomic E-state index is 13.2. The van der Waals surface area contributed by atoms with E-state index in [-0.39, 0.29) is 18.1 Å². The van der Waals surface area contributed by atoms with Crippen LogP contribution in [-0.4, -0.2) is 22.1 Å². The highest BCUT2D eigenvalue weighted by molar-refractivity contribution is 5.98. The molecule has 0 fully saturated rings. The first kappa shape index (κ1) is 16.9. The van der Waals surface area contributed by atoms with Crippen LogP contribution in [0.1, 0.15) is 27.5 Å². The molecule has 7 heteroatoms. The number of hydrogen-bond acceptors (Lipinski definition) is 4.